The molecule has 1 amide bonds. The quantitative estimate of drug-likeness (QED) is 0.590. The fourth-order valence-corrected chi connectivity index (χ4v) is 3.30. The molecule has 8 heteroatoms. The third-order valence-electron chi connectivity index (χ3n) is 5.15. The van der Waals surface area contributed by atoms with Gasteiger partial charge in [-0.2, -0.15) is 10.4 Å². The summed E-state index contributed by atoms with van der Waals surface area (Å²) in [4.78, 5) is 27.1. The van der Waals surface area contributed by atoms with Crippen LogP contribution in [0.1, 0.15) is 62.0 Å². The minimum atomic E-state index is -0.473. The van der Waals surface area contributed by atoms with Gasteiger partial charge >= 0.3 is 0 Å². The van der Waals surface area contributed by atoms with E-state index in [1.807, 2.05) is 26.8 Å². The normalized spacial score (nSPS) is 10.9. The van der Waals surface area contributed by atoms with Crippen LogP contribution in [-0.2, 0) is 13.0 Å². The Labute approximate surface area is 182 Å². The molecule has 0 aliphatic rings. The lowest BCUT2D eigenvalue weighted by Crippen LogP contribution is -2.30. The number of aromatic nitrogens is 1. The van der Waals surface area contributed by atoms with Gasteiger partial charge in [0.05, 0.1) is 5.69 Å². The molecule has 8 nitrogen and oxygen atoms in total. The Morgan fingerprint density at radius 2 is 1.77 bits per heavy atom. The third-order valence-corrected chi connectivity index (χ3v) is 5.15. The van der Waals surface area contributed by atoms with E-state index >= 15 is 0 Å². The molecule has 164 valence electrons. The van der Waals surface area contributed by atoms with Crippen molar-refractivity contribution in [2.75, 3.05) is 13.1 Å². The van der Waals surface area contributed by atoms with Crippen LogP contribution in [0.5, 0.6) is 5.88 Å². The number of carbonyl (C=O) groups excluding carboxylic acids is 1. The van der Waals surface area contributed by atoms with Gasteiger partial charge < -0.3 is 10.0 Å². The van der Waals surface area contributed by atoms with E-state index in [0.717, 1.165) is 6.42 Å². The van der Waals surface area contributed by atoms with Crippen LogP contribution < -0.4 is 5.56 Å². The standard InChI is InChI=1S/C23H29N5O3/c1-5-9-14-28-22(30)19(15-24)18(6-2)20(23(28)31)26-25-17-12-10-16(11-13-17)21(29)27(7-3)8-4/h10-13,30H,5-9,14H2,1-4H3. The zero-order chi connectivity index (χ0) is 23.0. The van der Waals surface area contributed by atoms with Crippen molar-refractivity contribution in [3.63, 3.8) is 0 Å². The lowest BCUT2D eigenvalue weighted by molar-refractivity contribution is 0.0773. The molecule has 0 saturated carbocycles. The fourth-order valence-electron chi connectivity index (χ4n) is 3.30. The van der Waals surface area contributed by atoms with Crippen LogP contribution in [-0.4, -0.2) is 33.6 Å². The van der Waals surface area contributed by atoms with E-state index in [0.29, 0.717) is 49.3 Å². The van der Waals surface area contributed by atoms with Gasteiger partial charge in [0.25, 0.3) is 11.5 Å². The summed E-state index contributed by atoms with van der Waals surface area (Å²) < 4.78 is 1.18. The number of carbonyl (C=O) groups is 1. The molecule has 0 bridgehead atoms. The Kier molecular flexibility index (Phi) is 8.50. The monoisotopic (exact) mass is 423 g/mol. The molecule has 0 atom stereocenters. The number of benzene rings is 1. The van der Waals surface area contributed by atoms with Gasteiger partial charge in [0.15, 0.2) is 5.69 Å². The van der Waals surface area contributed by atoms with Crippen molar-refractivity contribution < 1.29 is 9.90 Å². The maximum atomic E-state index is 12.9. The molecular formula is C23H29N5O3. The van der Waals surface area contributed by atoms with Crippen molar-refractivity contribution in [2.45, 2.75) is 53.5 Å². The van der Waals surface area contributed by atoms with Crippen molar-refractivity contribution in [1.29, 1.82) is 5.26 Å². The molecule has 0 spiro atoms. The first-order valence-corrected chi connectivity index (χ1v) is 10.6. The molecule has 0 radical (unpaired) electrons. The van der Waals surface area contributed by atoms with Gasteiger partial charge in [-0.15, -0.1) is 5.11 Å². The van der Waals surface area contributed by atoms with Crippen molar-refractivity contribution in [3.8, 4) is 11.9 Å². The molecule has 0 aliphatic heterocycles. The van der Waals surface area contributed by atoms with Gasteiger partial charge in [0.2, 0.25) is 5.88 Å². The molecule has 1 N–H and O–H groups in total. The van der Waals surface area contributed by atoms with Crippen LogP contribution in [0.15, 0.2) is 39.3 Å². The lowest BCUT2D eigenvalue weighted by Gasteiger charge is -2.18. The van der Waals surface area contributed by atoms with Crippen LogP contribution in [0.2, 0.25) is 0 Å². The highest BCUT2D eigenvalue weighted by molar-refractivity contribution is 5.94. The van der Waals surface area contributed by atoms with Crippen LogP contribution >= 0.6 is 0 Å². The smallest absolute Gasteiger partial charge is 0.281 e. The maximum absolute atomic E-state index is 12.9. The van der Waals surface area contributed by atoms with Crippen LogP contribution in [0, 0.1) is 11.3 Å². The molecule has 2 rings (SSSR count). The highest BCUT2D eigenvalue weighted by atomic mass is 16.3. The second-order valence-electron chi connectivity index (χ2n) is 7.03. The highest BCUT2D eigenvalue weighted by Crippen LogP contribution is 2.28. The van der Waals surface area contributed by atoms with E-state index in [9.17, 15) is 20.0 Å². The fraction of sp³-hybridized carbons (Fsp3) is 0.435. The van der Waals surface area contributed by atoms with E-state index in [2.05, 4.69) is 10.2 Å². The summed E-state index contributed by atoms with van der Waals surface area (Å²) in [6, 6.07) is 8.65. The van der Waals surface area contributed by atoms with E-state index in [4.69, 9.17) is 0 Å². The second-order valence-corrected chi connectivity index (χ2v) is 7.03. The molecule has 31 heavy (non-hydrogen) atoms. The third kappa shape index (κ3) is 5.18. The minimum absolute atomic E-state index is 0.0484. The number of aromatic hydroxyl groups is 1. The zero-order valence-corrected chi connectivity index (χ0v) is 18.6. The van der Waals surface area contributed by atoms with Crippen LogP contribution in [0.3, 0.4) is 0 Å². The number of nitriles is 1. The van der Waals surface area contributed by atoms with E-state index in [1.165, 1.54) is 4.57 Å². The SMILES string of the molecule is CCCCn1c(O)c(C#N)c(CC)c(N=Nc2ccc(C(=O)N(CC)CC)cc2)c1=O. The number of nitrogens with zero attached hydrogens (tertiary/aromatic N) is 5. The van der Waals surface area contributed by atoms with Crippen molar-refractivity contribution in [2.24, 2.45) is 10.2 Å². The minimum Gasteiger partial charge on any atom is -0.493 e. The van der Waals surface area contributed by atoms with Crippen molar-refractivity contribution >= 4 is 17.3 Å². The van der Waals surface area contributed by atoms with Gasteiger partial charge in [0.1, 0.15) is 11.6 Å². The Hall–Kier alpha value is -3.47. The van der Waals surface area contributed by atoms with Crippen molar-refractivity contribution in [3.05, 3.63) is 51.3 Å². The summed E-state index contributed by atoms with van der Waals surface area (Å²) in [7, 11) is 0. The van der Waals surface area contributed by atoms with Gasteiger partial charge in [-0.3, -0.25) is 14.2 Å². The van der Waals surface area contributed by atoms with E-state index in [1.54, 1.807) is 36.1 Å². The Balaban J connectivity index is 2.44. The predicted molar refractivity (Wildman–Crippen MR) is 119 cm³/mol. The summed E-state index contributed by atoms with van der Waals surface area (Å²) in [6.07, 6.45) is 1.87. The maximum Gasteiger partial charge on any atom is 0.281 e. The molecule has 0 fully saturated rings. The van der Waals surface area contributed by atoms with E-state index < -0.39 is 5.56 Å². The first-order chi connectivity index (χ1) is 14.9. The highest BCUT2D eigenvalue weighted by Gasteiger charge is 2.20. The number of amides is 1. The largest absolute Gasteiger partial charge is 0.493 e. The molecule has 1 heterocycles. The van der Waals surface area contributed by atoms with Crippen molar-refractivity contribution in [1.82, 2.24) is 9.47 Å². The Bertz CT molecular complexity index is 1040. The Morgan fingerprint density at radius 3 is 2.29 bits per heavy atom. The number of unbranched alkanes of at least 4 members (excludes halogenated alkanes) is 1. The Morgan fingerprint density at radius 1 is 1.13 bits per heavy atom. The van der Waals surface area contributed by atoms with Crippen LogP contribution in [0.25, 0.3) is 0 Å². The molecule has 1 aromatic carbocycles. The number of hydrogen-bond acceptors (Lipinski definition) is 6. The summed E-state index contributed by atoms with van der Waals surface area (Å²) in [5.41, 5.74) is 1.02. The predicted octanol–water partition coefficient (Wildman–Crippen LogP) is 4.69. The summed E-state index contributed by atoms with van der Waals surface area (Å²) in [5.74, 6) is -0.381. The first-order valence-electron chi connectivity index (χ1n) is 10.6. The molecule has 1 aromatic heterocycles. The van der Waals surface area contributed by atoms with Gasteiger partial charge in [-0.05, 0) is 51.0 Å². The summed E-state index contributed by atoms with van der Waals surface area (Å²) in [6.45, 7) is 9.17. The lowest BCUT2D eigenvalue weighted by atomic mass is 10.1. The topological polar surface area (TPSA) is 111 Å². The summed E-state index contributed by atoms with van der Waals surface area (Å²) >= 11 is 0. The molecule has 0 aliphatic carbocycles. The summed E-state index contributed by atoms with van der Waals surface area (Å²) in [5, 5.41) is 28.2. The van der Waals surface area contributed by atoms with Gasteiger partial charge in [-0.1, -0.05) is 20.3 Å². The zero-order valence-electron chi connectivity index (χ0n) is 18.6. The number of pyridine rings is 1. The average molecular weight is 424 g/mol. The number of hydrogen-bond donors (Lipinski definition) is 1. The first kappa shape index (κ1) is 23.8. The average Bonchev–Trinajstić information content (AvgIpc) is 2.79. The van der Waals surface area contributed by atoms with Crippen LogP contribution in [0.4, 0.5) is 11.4 Å². The number of azo groups is 1. The van der Waals surface area contributed by atoms with Gasteiger partial charge in [-0.25, -0.2) is 0 Å². The van der Waals surface area contributed by atoms with E-state index in [-0.39, 0.29) is 23.0 Å². The second kappa shape index (κ2) is 11.1. The molecular weight excluding hydrogens is 394 g/mol. The molecule has 2 aromatic rings. The molecule has 0 saturated heterocycles. The number of rotatable bonds is 9. The van der Waals surface area contributed by atoms with Gasteiger partial charge in [0, 0.05) is 30.8 Å². The molecule has 0 unspecified atom stereocenters.